The van der Waals surface area contributed by atoms with E-state index in [4.69, 9.17) is 11.6 Å². The molecule has 0 saturated heterocycles. The number of carbonyl (C=O) groups excluding carboxylic acids is 1. The molecular formula is C15H19ClO. The summed E-state index contributed by atoms with van der Waals surface area (Å²) in [4.78, 5) is 12.3. The van der Waals surface area contributed by atoms with Crippen LogP contribution in [0.15, 0.2) is 18.2 Å². The van der Waals surface area contributed by atoms with Crippen molar-refractivity contribution in [2.75, 3.05) is 0 Å². The lowest BCUT2D eigenvalue weighted by atomic mass is 9.79. The highest BCUT2D eigenvalue weighted by atomic mass is 35.5. The van der Waals surface area contributed by atoms with E-state index < -0.39 is 0 Å². The van der Waals surface area contributed by atoms with Crippen LogP contribution in [0.2, 0.25) is 5.02 Å². The minimum absolute atomic E-state index is 0.213. The number of benzene rings is 1. The summed E-state index contributed by atoms with van der Waals surface area (Å²) < 4.78 is 0. The van der Waals surface area contributed by atoms with Crippen molar-refractivity contribution in [3.8, 4) is 0 Å². The molecule has 1 fully saturated rings. The molecule has 1 aromatic carbocycles. The quantitative estimate of drug-likeness (QED) is 0.698. The van der Waals surface area contributed by atoms with Gasteiger partial charge in [-0.25, -0.2) is 0 Å². The number of hydrogen-bond acceptors (Lipinski definition) is 1. The summed E-state index contributed by atoms with van der Waals surface area (Å²) in [6.45, 7) is 4.22. The zero-order valence-corrected chi connectivity index (χ0v) is 11.3. The largest absolute Gasteiger partial charge is 0.294 e. The molecule has 1 saturated carbocycles. The minimum Gasteiger partial charge on any atom is -0.294 e. The molecule has 0 spiro atoms. The summed E-state index contributed by atoms with van der Waals surface area (Å²) in [5, 5.41) is 0.694. The highest BCUT2D eigenvalue weighted by Gasteiger charge is 2.25. The van der Waals surface area contributed by atoms with Crippen LogP contribution in [-0.4, -0.2) is 5.78 Å². The van der Waals surface area contributed by atoms with Crippen LogP contribution in [0.25, 0.3) is 0 Å². The van der Waals surface area contributed by atoms with Gasteiger partial charge in [0.1, 0.15) is 0 Å². The summed E-state index contributed by atoms with van der Waals surface area (Å²) in [6.07, 6.45) is 4.42. The summed E-state index contributed by atoms with van der Waals surface area (Å²) in [5.74, 6) is 1.27. The Morgan fingerprint density at radius 3 is 2.47 bits per heavy atom. The molecule has 92 valence electrons. The molecule has 0 heterocycles. The third-order valence-corrected chi connectivity index (χ3v) is 4.25. The minimum atomic E-state index is 0.213. The number of Topliss-reactive ketones (excluding diaryl/α,β-unsaturated/α-hetero) is 1. The van der Waals surface area contributed by atoms with Crippen molar-refractivity contribution in [2.45, 2.75) is 39.5 Å². The number of rotatable bonds is 2. The Balaban J connectivity index is 2.11. The molecule has 0 N–H and O–H groups in total. The van der Waals surface area contributed by atoms with Crippen molar-refractivity contribution in [3.63, 3.8) is 0 Å². The fraction of sp³-hybridized carbons (Fsp3) is 0.533. The second-order valence-corrected chi connectivity index (χ2v) is 5.69. The maximum atomic E-state index is 12.3. The molecule has 0 aliphatic heterocycles. The molecule has 2 heteroatoms. The zero-order chi connectivity index (χ0) is 12.4. The lowest BCUT2D eigenvalue weighted by Gasteiger charge is -2.25. The molecule has 1 aliphatic rings. The Labute approximate surface area is 108 Å². The van der Waals surface area contributed by atoms with E-state index in [1.807, 2.05) is 25.1 Å². The Morgan fingerprint density at radius 1 is 1.24 bits per heavy atom. The van der Waals surface area contributed by atoms with Crippen molar-refractivity contribution >= 4 is 17.4 Å². The van der Waals surface area contributed by atoms with Crippen LogP contribution < -0.4 is 0 Å². The fourth-order valence-corrected chi connectivity index (χ4v) is 2.68. The first kappa shape index (κ1) is 12.6. The summed E-state index contributed by atoms with van der Waals surface area (Å²) in [7, 11) is 0. The SMILES string of the molecule is Cc1ccc(C(=O)C2CCC(C)CC2)cc1Cl. The Kier molecular flexibility index (Phi) is 3.88. The maximum Gasteiger partial charge on any atom is 0.165 e. The zero-order valence-electron chi connectivity index (χ0n) is 10.5. The molecule has 2 rings (SSSR count). The number of ketones is 1. The van der Waals surface area contributed by atoms with Gasteiger partial charge in [0, 0.05) is 16.5 Å². The van der Waals surface area contributed by atoms with Gasteiger partial charge in [-0.15, -0.1) is 0 Å². The van der Waals surface area contributed by atoms with E-state index in [0.717, 1.165) is 29.9 Å². The molecule has 0 unspecified atom stereocenters. The molecule has 0 aromatic heterocycles. The Morgan fingerprint density at radius 2 is 1.88 bits per heavy atom. The van der Waals surface area contributed by atoms with E-state index in [2.05, 4.69) is 6.92 Å². The van der Waals surface area contributed by atoms with Crippen LogP contribution in [-0.2, 0) is 0 Å². The third-order valence-electron chi connectivity index (χ3n) is 3.84. The fourth-order valence-electron chi connectivity index (χ4n) is 2.50. The van der Waals surface area contributed by atoms with Crippen LogP contribution in [0, 0.1) is 18.8 Å². The van der Waals surface area contributed by atoms with Gasteiger partial charge in [-0.2, -0.15) is 0 Å². The summed E-state index contributed by atoms with van der Waals surface area (Å²) >= 11 is 6.07. The Hall–Kier alpha value is -0.820. The highest BCUT2D eigenvalue weighted by molar-refractivity contribution is 6.31. The van der Waals surface area contributed by atoms with Gasteiger partial charge in [-0.3, -0.25) is 4.79 Å². The van der Waals surface area contributed by atoms with E-state index in [1.54, 1.807) is 0 Å². The molecule has 1 nitrogen and oxygen atoms in total. The van der Waals surface area contributed by atoms with Crippen LogP contribution in [0.5, 0.6) is 0 Å². The summed E-state index contributed by atoms with van der Waals surface area (Å²) in [6, 6.07) is 5.65. The van der Waals surface area contributed by atoms with Crippen LogP contribution in [0.4, 0.5) is 0 Å². The van der Waals surface area contributed by atoms with Crippen molar-refractivity contribution < 1.29 is 4.79 Å². The Bertz CT molecular complexity index is 417. The first-order valence-corrected chi connectivity index (χ1v) is 6.76. The second-order valence-electron chi connectivity index (χ2n) is 5.29. The first-order chi connectivity index (χ1) is 8.08. The molecule has 17 heavy (non-hydrogen) atoms. The molecule has 0 radical (unpaired) electrons. The van der Waals surface area contributed by atoms with Gasteiger partial charge in [0.25, 0.3) is 0 Å². The molecule has 1 aliphatic carbocycles. The van der Waals surface area contributed by atoms with Gasteiger partial charge in [-0.1, -0.05) is 43.5 Å². The standard InChI is InChI=1S/C15H19ClO/c1-10-3-6-12(7-4-10)15(17)13-8-5-11(2)14(16)9-13/h5,8-10,12H,3-4,6-7H2,1-2H3. The average molecular weight is 251 g/mol. The van der Waals surface area contributed by atoms with Gasteiger partial charge in [-0.05, 0) is 37.3 Å². The first-order valence-electron chi connectivity index (χ1n) is 6.38. The normalized spacial score (nSPS) is 24.6. The van der Waals surface area contributed by atoms with E-state index >= 15 is 0 Å². The van der Waals surface area contributed by atoms with Crippen molar-refractivity contribution in [3.05, 3.63) is 34.3 Å². The van der Waals surface area contributed by atoms with Crippen molar-refractivity contribution in [1.82, 2.24) is 0 Å². The van der Waals surface area contributed by atoms with Gasteiger partial charge >= 0.3 is 0 Å². The molecule has 0 atom stereocenters. The lowest BCUT2D eigenvalue weighted by molar-refractivity contribution is 0.0875. The van der Waals surface area contributed by atoms with E-state index in [-0.39, 0.29) is 11.7 Å². The van der Waals surface area contributed by atoms with Gasteiger partial charge in [0.05, 0.1) is 0 Å². The molecular weight excluding hydrogens is 232 g/mol. The number of halogens is 1. The van der Waals surface area contributed by atoms with Crippen LogP contribution in [0.3, 0.4) is 0 Å². The molecule has 1 aromatic rings. The van der Waals surface area contributed by atoms with Gasteiger partial charge < -0.3 is 0 Å². The highest BCUT2D eigenvalue weighted by Crippen LogP contribution is 2.31. The number of aryl methyl sites for hydroxylation is 1. The van der Waals surface area contributed by atoms with E-state index in [9.17, 15) is 4.79 Å². The van der Waals surface area contributed by atoms with Crippen LogP contribution in [0.1, 0.15) is 48.5 Å². The van der Waals surface area contributed by atoms with Crippen molar-refractivity contribution in [2.24, 2.45) is 11.8 Å². The topological polar surface area (TPSA) is 17.1 Å². The monoisotopic (exact) mass is 250 g/mol. The smallest absolute Gasteiger partial charge is 0.165 e. The maximum absolute atomic E-state index is 12.3. The lowest BCUT2D eigenvalue weighted by Crippen LogP contribution is -2.20. The average Bonchev–Trinajstić information content (AvgIpc) is 2.33. The van der Waals surface area contributed by atoms with Gasteiger partial charge in [0.15, 0.2) is 5.78 Å². The third kappa shape index (κ3) is 2.90. The second kappa shape index (κ2) is 5.22. The van der Waals surface area contributed by atoms with Gasteiger partial charge in [0.2, 0.25) is 0 Å². The number of hydrogen-bond donors (Lipinski definition) is 0. The van der Waals surface area contributed by atoms with E-state index in [0.29, 0.717) is 5.02 Å². The van der Waals surface area contributed by atoms with Crippen molar-refractivity contribution in [1.29, 1.82) is 0 Å². The number of carbonyl (C=O) groups is 1. The van der Waals surface area contributed by atoms with Crippen LogP contribution >= 0.6 is 11.6 Å². The predicted octanol–water partition coefficient (Wildman–Crippen LogP) is 4.66. The van der Waals surface area contributed by atoms with E-state index in [1.165, 1.54) is 12.8 Å². The summed E-state index contributed by atoms with van der Waals surface area (Å²) in [5.41, 5.74) is 1.81. The molecule has 0 amide bonds. The predicted molar refractivity (Wildman–Crippen MR) is 71.6 cm³/mol. The molecule has 0 bridgehead atoms.